The number of hydrogen-bond donors (Lipinski definition) is 0. The summed E-state index contributed by atoms with van der Waals surface area (Å²) in [5.41, 5.74) is 0. The van der Waals surface area contributed by atoms with Crippen LogP contribution in [0.15, 0.2) is 12.4 Å². The molecule has 1 aliphatic carbocycles. The Morgan fingerprint density at radius 3 is 3.00 bits per heavy atom. The summed E-state index contributed by atoms with van der Waals surface area (Å²) in [5.74, 6) is 1.88. The summed E-state index contributed by atoms with van der Waals surface area (Å²) in [6.07, 6.45) is 10.9. The lowest BCUT2D eigenvalue weighted by Gasteiger charge is -2.46. The van der Waals surface area contributed by atoms with Crippen molar-refractivity contribution in [3.63, 3.8) is 0 Å². The van der Waals surface area contributed by atoms with Gasteiger partial charge < -0.3 is 0 Å². The van der Waals surface area contributed by atoms with E-state index in [9.17, 15) is 0 Å². The van der Waals surface area contributed by atoms with Crippen LogP contribution in [0.5, 0.6) is 0 Å². The number of likely N-dealkylation sites (tertiary alicyclic amines) is 1. The van der Waals surface area contributed by atoms with Gasteiger partial charge in [-0.15, -0.1) is 5.10 Å². The van der Waals surface area contributed by atoms with Crippen LogP contribution in [0.4, 0.5) is 0 Å². The van der Waals surface area contributed by atoms with Gasteiger partial charge in [0.05, 0.1) is 12.7 Å². The zero-order valence-corrected chi connectivity index (χ0v) is 11.3. The topological polar surface area (TPSA) is 34.0 Å². The average molecular weight is 248 g/mol. The molecule has 18 heavy (non-hydrogen) atoms. The molecule has 0 radical (unpaired) electrons. The monoisotopic (exact) mass is 248 g/mol. The molecule has 0 aromatic carbocycles. The highest BCUT2D eigenvalue weighted by molar-refractivity contribution is 4.89. The standard InChI is InChI=1S/C14H24N4/c1-12-4-5-13-3-2-7-17(14(13)11-12)9-10-18-8-6-15-16-18/h6,8,12-14H,2-5,7,9-11H2,1H3. The number of piperidine rings is 1. The second kappa shape index (κ2) is 5.39. The van der Waals surface area contributed by atoms with Gasteiger partial charge in [-0.1, -0.05) is 18.6 Å². The molecule has 0 bridgehead atoms. The van der Waals surface area contributed by atoms with Crippen LogP contribution in [-0.4, -0.2) is 39.0 Å². The molecule has 0 spiro atoms. The van der Waals surface area contributed by atoms with Gasteiger partial charge in [-0.2, -0.15) is 0 Å². The molecule has 3 unspecified atom stereocenters. The fourth-order valence-electron chi connectivity index (χ4n) is 3.78. The molecule has 0 amide bonds. The van der Waals surface area contributed by atoms with Crippen LogP contribution in [-0.2, 0) is 6.54 Å². The van der Waals surface area contributed by atoms with Crippen molar-refractivity contribution in [3.05, 3.63) is 12.4 Å². The van der Waals surface area contributed by atoms with Crippen molar-refractivity contribution in [1.82, 2.24) is 19.9 Å². The van der Waals surface area contributed by atoms with Crippen molar-refractivity contribution in [2.24, 2.45) is 11.8 Å². The Hall–Kier alpha value is -0.900. The SMILES string of the molecule is CC1CCC2CCCN(CCn3ccnn3)C2C1. The smallest absolute Gasteiger partial charge is 0.0692 e. The molecule has 2 fully saturated rings. The van der Waals surface area contributed by atoms with E-state index in [0.29, 0.717) is 0 Å². The highest BCUT2D eigenvalue weighted by Crippen LogP contribution is 2.37. The van der Waals surface area contributed by atoms with Gasteiger partial charge >= 0.3 is 0 Å². The number of nitrogens with zero attached hydrogens (tertiary/aromatic N) is 4. The lowest BCUT2D eigenvalue weighted by molar-refractivity contribution is 0.0406. The van der Waals surface area contributed by atoms with Crippen LogP contribution >= 0.6 is 0 Å². The summed E-state index contributed by atoms with van der Waals surface area (Å²) in [7, 11) is 0. The molecule has 3 atom stereocenters. The Morgan fingerprint density at radius 2 is 2.17 bits per heavy atom. The second-order valence-corrected chi connectivity index (χ2v) is 6.09. The van der Waals surface area contributed by atoms with Crippen molar-refractivity contribution in [3.8, 4) is 0 Å². The van der Waals surface area contributed by atoms with Gasteiger partial charge in [0.1, 0.15) is 0 Å². The number of fused-ring (bicyclic) bond motifs is 1. The minimum Gasteiger partial charge on any atom is -0.298 e. The zero-order valence-electron chi connectivity index (χ0n) is 11.3. The van der Waals surface area contributed by atoms with Crippen LogP contribution in [0.3, 0.4) is 0 Å². The van der Waals surface area contributed by atoms with Crippen molar-refractivity contribution < 1.29 is 0 Å². The van der Waals surface area contributed by atoms with E-state index in [1.54, 1.807) is 6.20 Å². The average Bonchev–Trinajstić information content (AvgIpc) is 2.89. The van der Waals surface area contributed by atoms with Gasteiger partial charge in [0.2, 0.25) is 0 Å². The molecule has 100 valence electrons. The van der Waals surface area contributed by atoms with Crippen molar-refractivity contribution in [2.45, 2.75) is 51.6 Å². The molecule has 4 nitrogen and oxygen atoms in total. The largest absolute Gasteiger partial charge is 0.298 e. The van der Waals surface area contributed by atoms with E-state index >= 15 is 0 Å². The first-order chi connectivity index (χ1) is 8.83. The van der Waals surface area contributed by atoms with Gasteiger partial charge in [-0.3, -0.25) is 9.58 Å². The maximum atomic E-state index is 4.06. The van der Waals surface area contributed by atoms with Crippen LogP contribution < -0.4 is 0 Å². The van der Waals surface area contributed by atoms with E-state index in [0.717, 1.165) is 31.0 Å². The first kappa shape index (κ1) is 12.2. The lowest BCUT2D eigenvalue weighted by atomic mass is 9.74. The van der Waals surface area contributed by atoms with Gasteiger partial charge in [0, 0.05) is 18.8 Å². The molecule has 1 aliphatic heterocycles. The van der Waals surface area contributed by atoms with Crippen molar-refractivity contribution >= 4 is 0 Å². The minimum atomic E-state index is 0.839. The molecule has 3 rings (SSSR count). The van der Waals surface area contributed by atoms with Crippen LogP contribution in [0, 0.1) is 11.8 Å². The zero-order chi connectivity index (χ0) is 12.4. The third-order valence-corrected chi connectivity index (χ3v) is 4.80. The van der Waals surface area contributed by atoms with Crippen LogP contribution in [0.25, 0.3) is 0 Å². The van der Waals surface area contributed by atoms with Gasteiger partial charge in [-0.25, -0.2) is 0 Å². The molecular weight excluding hydrogens is 224 g/mol. The Labute approximate surface area is 109 Å². The maximum Gasteiger partial charge on any atom is 0.0692 e. The second-order valence-electron chi connectivity index (χ2n) is 6.09. The van der Waals surface area contributed by atoms with E-state index in [-0.39, 0.29) is 0 Å². The molecule has 0 N–H and O–H groups in total. The third kappa shape index (κ3) is 2.58. The quantitative estimate of drug-likeness (QED) is 0.822. The summed E-state index contributed by atoms with van der Waals surface area (Å²) in [6, 6.07) is 0.839. The van der Waals surface area contributed by atoms with Gasteiger partial charge in [0.25, 0.3) is 0 Å². The number of aromatic nitrogens is 3. The number of hydrogen-bond acceptors (Lipinski definition) is 3. The van der Waals surface area contributed by atoms with Gasteiger partial charge in [0.15, 0.2) is 0 Å². The molecular formula is C14H24N4. The van der Waals surface area contributed by atoms with Crippen molar-refractivity contribution in [2.75, 3.05) is 13.1 Å². The molecule has 2 aliphatic rings. The first-order valence-corrected chi connectivity index (χ1v) is 7.41. The van der Waals surface area contributed by atoms with Crippen molar-refractivity contribution in [1.29, 1.82) is 0 Å². The summed E-state index contributed by atoms with van der Waals surface area (Å²) in [6.45, 7) is 5.82. The molecule has 1 saturated heterocycles. The van der Waals surface area contributed by atoms with Gasteiger partial charge in [-0.05, 0) is 44.1 Å². The molecule has 1 saturated carbocycles. The van der Waals surface area contributed by atoms with Crippen LogP contribution in [0.2, 0.25) is 0 Å². The highest BCUT2D eigenvalue weighted by Gasteiger charge is 2.35. The molecule has 4 heteroatoms. The maximum absolute atomic E-state index is 4.06. The van der Waals surface area contributed by atoms with E-state index in [1.807, 2.05) is 10.9 Å². The van der Waals surface area contributed by atoms with E-state index in [4.69, 9.17) is 0 Å². The third-order valence-electron chi connectivity index (χ3n) is 4.80. The summed E-state index contributed by atoms with van der Waals surface area (Å²) >= 11 is 0. The van der Waals surface area contributed by atoms with Crippen LogP contribution in [0.1, 0.15) is 39.0 Å². The van der Waals surface area contributed by atoms with E-state index < -0.39 is 0 Å². The predicted octanol–water partition coefficient (Wildman–Crippen LogP) is 2.18. The number of rotatable bonds is 3. The van der Waals surface area contributed by atoms with E-state index in [1.165, 1.54) is 38.6 Å². The highest BCUT2D eigenvalue weighted by atomic mass is 15.4. The Morgan fingerprint density at radius 1 is 1.22 bits per heavy atom. The Kier molecular flexibility index (Phi) is 3.64. The normalized spacial score (nSPS) is 33.3. The minimum absolute atomic E-state index is 0.839. The Bertz CT molecular complexity index is 362. The molecule has 1 aromatic rings. The van der Waals surface area contributed by atoms with E-state index in [2.05, 4.69) is 22.1 Å². The summed E-state index contributed by atoms with van der Waals surface area (Å²) < 4.78 is 1.95. The molecule has 1 aromatic heterocycles. The first-order valence-electron chi connectivity index (χ1n) is 7.41. The predicted molar refractivity (Wildman–Crippen MR) is 71.1 cm³/mol. The molecule has 2 heterocycles. The fourth-order valence-corrected chi connectivity index (χ4v) is 3.78. The summed E-state index contributed by atoms with van der Waals surface area (Å²) in [5, 5.41) is 7.93. The Balaban J connectivity index is 1.59. The lowest BCUT2D eigenvalue weighted by Crippen LogP contribution is -2.49. The fraction of sp³-hybridized carbons (Fsp3) is 0.857. The summed E-state index contributed by atoms with van der Waals surface area (Å²) in [4.78, 5) is 2.71.